The molecule has 1 aliphatic heterocycles. The summed E-state index contributed by atoms with van der Waals surface area (Å²) in [6, 6.07) is 1.66. The van der Waals surface area contributed by atoms with Crippen LogP contribution in [-0.4, -0.2) is 46.7 Å². The molecule has 0 bridgehead atoms. The molecule has 2 aromatic heterocycles. The van der Waals surface area contributed by atoms with Crippen molar-refractivity contribution in [3.8, 4) is 0 Å². The zero-order valence-corrected chi connectivity index (χ0v) is 14.9. The number of rotatable bonds is 3. The van der Waals surface area contributed by atoms with Crippen LogP contribution < -0.4 is 0 Å². The average Bonchev–Trinajstić information content (AvgIpc) is 3.07. The fourth-order valence-corrected chi connectivity index (χ4v) is 4.91. The zero-order chi connectivity index (χ0) is 17.6. The molecule has 24 heavy (non-hydrogen) atoms. The molecule has 0 unspecified atom stereocenters. The third kappa shape index (κ3) is 2.44. The summed E-state index contributed by atoms with van der Waals surface area (Å²) >= 11 is 0. The van der Waals surface area contributed by atoms with Crippen molar-refractivity contribution in [2.75, 3.05) is 13.7 Å². The number of aryl methyl sites for hydroxylation is 2. The molecule has 0 amide bonds. The number of nitrogens with zero attached hydrogens (tertiary/aromatic N) is 4. The van der Waals surface area contributed by atoms with Gasteiger partial charge in [0.05, 0.1) is 30.6 Å². The Morgan fingerprint density at radius 3 is 2.58 bits per heavy atom. The highest BCUT2D eigenvalue weighted by Crippen LogP contribution is 2.28. The maximum absolute atomic E-state index is 13.1. The first-order valence-electron chi connectivity index (χ1n) is 7.54. The summed E-state index contributed by atoms with van der Waals surface area (Å²) in [6.07, 6.45) is 1.78. The van der Waals surface area contributed by atoms with E-state index in [1.165, 1.54) is 11.4 Å². The number of esters is 1. The summed E-state index contributed by atoms with van der Waals surface area (Å²) in [4.78, 5) is 12.1. The lowest BCUT2D eigenvalue weighted by Gasteiger charge is -2.28. The number of aromatic nitrogens is 3. The van der Waals surface area contributed by atoms with Gasteiger partial charge in [-0.05, 0) is 19.9 Å². The van der Waals surface area contributed by atoms with Gasteiger partial charge in [-0.3, -0.25) is 4.68 Å². The molecule has 2 aromatic rings. The molecular weight excluding hydrogens is 332 g/mol. The second-order valence-electron chi connectivity index (χ2n) is 5.82. The largest absolute Gasteiger partial charge is 0.465 e. The van der Waals surface area contributed by atoms with E-state index in [4.69, 9.17) is 4.74 Å². The molecule has 0 aliphatic carbocycles. The van der Waals surface area contributed by atoms with Gasteiger partial charge in [0.1, 0.15) is 4.90 Å². The van der Waals surface area contributed by atoms with Crippen molar-refractivity contribution in [2.24, 2.45) is 7.05 Å². The van der Waals surface area contributed by atoms with Gasteiger partial charge in [-0.1, -0.05) is 0 Å². The summed E-state index contributed by atoms with van der Waals surface area (Å²) in [5.41, 5.74) is 2.12. The Balaban J connectivity index is 2.00. The Hall–Kier alpha value is -2.13. The Bertz CT molecular complexity index is 910. The van der Waals surface area contributed by atoms with Gasteiger partial charge in [0, 0.05) is 32.0 Å². The van der Waals surface area contributed by atoms with Crippen LogP contribution >= 0.6 is 0 Å². The highest BCUT2D eigenvalue weighted by Gasteiger charge is 2.34. The quantitative estimate of drug-likeness (QED) is 0.764. The van der Waals surface area contributed by atoms with Crippen molar-refractivity contribution < 1.29 is 17.9 Å². The third-order valence-electron chi connectivity index (χ3n) is 4.44. The molecule has 0 saturated carbocycles. The number of methoxy groups -OCH3 is 1. The third-order valence-corrected chi connectivity index (χ3v) is 6.54. The van der Waals surface area contributed by atoms with Crippen molar-refractivity contribution in [3.05, 3.63) is 34.9 Å². The predicted octanol–water partition coefficient (Wildman–Crippen LogP) is 0.830. The number of carbonyl (C=O) groups is 1. The molecule has 0 fully saturated rings. The van der Waals surface area contributed by atoms with Gasteiger partial charge >= 0.3 is 5.97 Å². The lowest BCUT2D eigenvalue weighted by molar-refractivity contribution is 0.0598. The first-order valence-corrected chi connectivity index (χ1v) is 8.98. The van der Waals surface area contributed by atoms with E-state index in [9.17, 15) is 13.2 Å². The summed E-state index contributed by atoms with van der Waals surface area (Å²) in [6.45, 7) is 4.39. The van der Waals surface area contributed by atoms with Gasteiger partial charge in [0.25, 0.3) is 0 Å². The number of fused-ring (bicyclic) bond motifs is 1. The van der Waals surface area contributed by atoms with Crippen molar-refractivity contribution >= 4 is 16.0 Å². The van der Waals surface area contributed by atoms with E-state index in [-0.39, 0.29) is 11.4 Å². The Morgan fingerprint density at radius 2 is 2.00 bits per heavy atom. The van der Waals surface area contributed by atoms with E-state index in [0.717, 1.165) is 0 Å². The van der Waals surface area contributed by atoms with Crippen LogP contribution in [0.1, 0.15) is 27.4 Å². The topological polar surface area (TPSA) is 86.4 Å². The van der Waals surface area contributed by atoms with Crippen LogP contribution in [0.2, 0.25) is 0 Å². The lowest BCUT2D eigenvalue weighted by Crippen LogP contribution is -2.39. The van der Waals surface area contributed by atoms with Crippen LogP contribution in [0, 0.1) is 13.8 Å². The molecule has 0 radical (unpaired) electrons. The minimum absolute atomic E-state index is 0.132. The lowest BCUT2D eigenvalue weighted by atomic mass is 10.2. The van der Waals surface area contributed by atoms with E-state index in [1.54, 1.807) is 37.8 Å². The fraction of sp³-hybridized carbons (Fsp3) is 0.467. The Labute approximate surface area is 140 Å². The van der Waals surface area contributed by atoms with E-state index < -0.39 is 16.0 Å². The normalized spacial score (nSPS) is 15.3. The monoisotopic (exact) mass is 352 g/mol. The molecule has 1 aliphatic rings. The number of sulfonamides is 1. The molecule has 0 saturated heterocycles. The summed E-state index contributed by atoms with van der Waals surface area (Å²) in [5.74, 6) is -0.461. The summed E-state index contributed by atoms with van der Waals surface area (Å²) in [5, 5.41) is 4.20. The number of hydrogen-bond donors (Lipinski definition) is 0. The van der Waals surface area contributed by atoms with Crippen molar-refractivity contribution in [2.45, 2.75) is 31.8 Å². The molecule has 0 atom stereocenters. The summed E-state index contributed by atoms with van der Waals surface area (Å²) < 4.78 is 35.8. The van der Waals surface area contributed by atoms with Crippen LogP contribution in [0.25, 0.3) is 0 Å². The second-order valence-corrected chi connectivity index (χ2v) is 7.70. The molecule has 9 heteroatoms. The highest BCUT2D eigenvalue weighted by molar-refractivity contribution is 7.89. The van der Waals surface area contributed by atoms with E-state index in [2.05, 4.69) is 5.10 Å². The van der Waals surface area contributed by atoms with Gasteiger partial charge < -0.3 is 9.30 Å². The molecule has 3 heterocycles. The first kappa shape index (κ1) is 16.7. The number of hydrogen-bond acceptors (Lipinski definition) is 5. The molecule has 130 valence electrons. The molecule has 8 nitrogen and oxygen atoms in total. The zero-order valence-electron chi connectivity index (χ0n) is 14.1. The number of carbonyl (C=O) groups excluding carboxylic acids is 1. The van der Waals surface area contributed by atoms with Crippen LogP contribution in [-0.2, 0) is 34.9 Å². The van der Waals surface area contributed by atoms with E-state index in [1.807, 2.05) is 4.57 Å². The fourth-order valence-electron chi connectivity index (χ4n) is 3.11. The summed E-state index contributed by atoms with van der Waals surface area (Å²) in [7, 11) is -0.656. The minimum Gasteiger partial charge on any atom is -0.465 e. The van der Waals surface area contributed by atoms with Gasteiger partial charge in [-0.15, -0.1) is 0 Å². The van der Waals surface area contributed by atoms with Crippen molar-refractivity contribution in [1.29, 1.82) is 0 Å². The molecule has 0 aromatic carbocycles. The minimum atomic E-state index is -3.69. The van der Waals surface area contributed by atoms with Gasteiger partial charge in [-0.25, -0.2) is 13.2 Å². The van der Waals surface area contributed by atoms with Gasteiger partial charge in [-0.2, -0.15) is 9.40 Å². The smallest absolute Gasteiger partial charge is 0.339 e. The average molecular weight is 352 g/mol. The maximum atomic E-state index is 13.1. The molecular formula is C15H20N4O4S. The van der Waals surface area contributed by atoms with Crippen LogP contribution in [0.15, 0.2) is 17.2 Å². The second kappa shape index (κ2) is 5.75. The highest BCUT2D eigenvalue weighted by atomic mass is 32.2. The van der Waals surface area contributed by atoms with Crippen LogP contribution in [0.3, 0.4) is 0 Å². The van der Waals surface area contributed by atoms with E-state index >= 15 is 0 Å². The predicted molar refractivity (Wildman–Crippen MR) is 86.0 cm³/mol. The molecule has 0 N–H and O–H groups in total. The SMILES string of the molecule is COC(=O)c1ccn2c1CN(S(=O)(=O)c1c(C)nn(C)c1C)CC2. The first-order chi connectivity index (χ1) is 11.3. The molecule has 3 rings (SSSR count). The number of ether oxygens (including phenoxy) is 1. The van der Waals surface area contributed by atoms with Crippen molar-refractivity contribution in [3.63, 3.8) is 0 Å². The van der Waals surface area contributed by atoms with E-state index in [0.29, 0.717) is 35.7 Å². The van der Waals surface area contributed by atoms with Crippen LogP contribution in [0.4, 0.5) is 0 Å². The maximum Gasteiger partial charge on any atom is 0.339 e. The van der Waals surface area contributed by atoms with Crippen molar-refractivity contribution in [1.82, 2.24) is 18.7 Å². The van der Waals surface area contributed by atoms with Gasteiger partial charge in [0.2, 0.25) is 10.0 Å². The Kier molecular flexibility index (Phi) is 4.00. The molecule has 0 spiro atoms. The standard InChI is InChI=1S/C15H20N4O4S/c1-10-14(11(2)17(3)16-10)24(21,22)19-8-7-18-6-5-12(13(18)9-19)15(20)23-4/h5-6H,7-9H2,1-4H3. The van der Waals surface area contributed by atoms with Crippen LogP contribution in [0.5, 0.6) is 0 Å². The van der Waals surface area contributed by atoms with Gasteiger partial charge in [0.15, 0.2) is 0 Å². The Morgan fingerprint density at radius 1 is 1.29 bits per heavy atom.